The van der Waals surface area contributed by atoms with Crippen molar-refractivity contribution in [1.29, 1.82) is 0 Å². The number of methoxy groups -OCH3 is 1. The second-order valence-corrected chi connectivity index (χ2v) is 6.51. The van der Waals surface area contributed by atoms with Gasteiger partial charge in [-0.05, 0) is 6.42 Å². The van der Waals surface area contributed by atoms with Gasteiger partial charge in [0.15, 0.2) is 0 Å². The molecule has 142 valence electrons. The summed E-state index contributed by atoms with van der Waals surface area (Å²) in [6.07, 6.45) is 11.3. The lowest BCUT2D eigenvalue weighted by molar-refractivity contribution is -0.535. The summed E-state index contributed by atoms with van der Waals surface area (Å²) in [5.74, 6) is -0.479. The number of hydrogen-bond acceptors (Lipinski definition) is 5. The molecule has 0 aliphatic heterocycles. The number of carbonyl (C=O) groups excluding carboxylic acids is 1. The number of aliphatic hydroxyl groups excluding tert-OH is 1. The number of ether oxygens (including phenoxy) is 1. The lowest BCUT2D eigenvalue weighted by atomic mass is 9.99. The lowest BCUT2D eigenvalue weighted by Gasteiger charge is -2.15. The van der Waals surface area contributed by atoms with Crippen molar-refractivity contribution in [2.24, 2.45) is 0 Å². The van der Waals surface area contributed by atoms with Gasteiger partial charge in [-0.1, -0.05) is 71.1 Å². The van der Waals surface area contributed by atoms with E-state index in [1.165, 1.54) is 52.1 Å². The Morgan fingerprint density at radius 3 is 1.96 bits per heavy atom. The van der Waals surface area contributed by atoms with Gasteiger partial charge >= 0.3 is 5.97 Å². The highest BCUT2D eigenvalue weighted by molar-refractivity contribution is 5.69. The summed E-state index contributed by atoms with van der Waals surface area (Å²) >= 11 is 0. The van der Waals surface area contributed by atoms with Crippen molar-refractivity contribution >= 4 is 5.97 Å². The highest BCUT2D eigenvalue weighted by Crippen LogP contribution is 2.16. The van der Waals surface area contributed by atoms with E-state index in [-0.39, 0.29) is 12.8 Å². The second-order valence-electron chi connectivity index (χ2n) is 6.51. The monoisotopic (exact) mass is 345 g/mol. The zero-order chi connectivity index (χ0) is 18.2. The Kier molecular flexibility index (Phi) is 14.6. The summed E-state index contributed by atoms with van der Waals surface area (Å²) in [6, 6.07) is -1.08. The molecule has 0 aromatic heterocycles. The molecule has 0 saturated heterocycles. The number of carbonyl (C=O) groups is 1. The first-order valence-electron chi connectivity index (χ1n) is 9.41. The van der Waals surface area contributed by atoms with Crippen LogP contribution in [0, 0.1) is 10.1 Å². The summed E-state index contributed by atoms with van der Waals surface area (Å²) in [6.45, 7) is 2.22. The van der Waals surface area contributed by atoms with E-state index >= 15 is 0 Å². The molecule has 0 spiro atoms. The minimum atomic E-state index is -1.08. The van der Waals surface area contributed by atoms with Crippen molar-refractivity contribution in [3.63, 3.8) is 0 Å². The highest BCUT2D eigenvalue weighted by atomic mass is 16.6. The van der Waals surface area contributed by atoms with Gasteiger partial charge in [0.1, 0.15) is 6.10 Å². The zero-order valence-corrected chi connectivity index (χ0v) is 15.4. The van der Waals surface area contributed by atoms with Crippen LogP contribution in [0.15, 0.2) is 0 Å². The first kappa shape index (κ1) is 22.8. The Morgan fingerprint density at radius 1 is 1.00 bits per heavy atom. The molecule has 0 fully saturated rings. The van der Waals surface area contributed by atoms with Gasteiger partial charge in [-0.2, -0.15) is 0 Å². The van der Waals surface area contributed by atoms with E-state index in [1.54, 1.807) is 0 Å². The molecule has 0 aliphatic rings. The quantitative estimate of drug-likeness (QED) is 0.195. The molecular formula is C18H35NO5. The smallest absolute Gasteiger partial charge is 0.305 e. The summed E-state index contributed by atoms with van der Waals surface area (Å²) in [4.78, 5) is 21.6. The molecule has 24 heavy (non-hydrogen) atoms. The summed E-state index contributed by atoms with van der Waals surface area (Å²) < 4.78 is 4.48. The molecular weight excluding hydrogens is 310 g/mol. The van der Waals surface area contributed by atoms with E-state index in [0.29, 0.717) is 6.42 Å². The highest BCUT2D eigenvalue weighted by Gasteiger charge is 2.29. The summed E-state index contributed by atoms with van der Waals surface area (Å²) in [7, 11) is 1.25. The molecule has 0 saturated carbocycles. The maximum atomic E-state index is 11.1. The number of nitrogens with zero attached hydrogens (tertiary/aromatic N) is 1. The van der Waals surface area contributed by atoms with Crippen molar-refractivity contribution in [2.75, 3.05) is 7.11 Å². The fraction of sp³-hybridized carbons (Fsp3) is 0.944. The van der Waals surface area contributed by atoms with E-state index in [9.17, 15) is 20.0 Å². The van der Waals surface area contributed by atoms with Gasteiger partial charge in [0.05, 0.1) is 13.5 Å². The minimum Gasteiger partial charge on any atom is -0.469 e. The summed E-state index contributed by atoms with van der Waals surface area (Å²) in [5.41, 5.74) is 0. The van der Waals surface area contributed by atoms with Crippen LogP contribution in [0.5, 0.6) is 0 Å². The Hall–Kier alpha value is -1.17. The minimum absolute atomic E-state index is 0.0264. The fourth-order valence-corrected chi connectivity index (χ4v) is 2.84. The first-order chi connectivity index (χ1) is 11.5. The van der Waals surface area contributed by atoms with Crippen LogP contribution in [0.2, 0.25) is 0 Å². The number of unbranched alkanes of at least 4 members (excludes halogenated alkanes) is 9. The molecule has 0 bridgehead atoms. The van der Waals surface area contributed by atoms with Crippen molar-refractivity contribution < 1.29 is 19.6 Å². The van der Waals surface area contributed by atoms with Crippen molar-refractivity contribution in [3.8, 4) is 0 Å². The van der Waals surface area contributed by atoms with Crippen molar-refractivity contribution in [2.45, 2.75) is 103 Å². The molecule has 0 aromatic carbocycles. The maximum absolute atomic E-state index is 11.1. The third kappa shape index (κ3) is 12.3. The predicted octanol–water partition coefficient (Wildman–Crippen LogP) is 4.26. The molecule has 6 heteroatoms. The Bertz CT molecular complexity index is 335. The first-order valence-corrected chi connectivity index (χ1v) is 9.41. The van der Waals surface area contributed by atoms with Crippen LogP contribution >= 0.6 is 0 Å². The number of aliphatic hydroxyl groups is 1. The van der Waals surface area contributed by atoms with E-state index in [0.717, 1.165) is 19.3 Å². The number of nitro groups is 1. The average molecular weight is 345 g/mol. The largest absolute Gasteiger partial charge is 0.469 e. The standard InChI is InChI=1S/C18H35NO5/c1-3-4-5-6-7-8-9-10-11-12-13-17(20)16(19(22)23)14-15-18(21)24-2/h16-17,20H,3-15H2,1-2H3/t16?,17-/m0/s1. The van der Waals surface area contributed by atoms with E-state index < -0.39 is 23.0 Å². The normalized spacial score (nSPS) is 13.5. The van der Waals surface area contributed by atoms with Gasteiger partial charge in [0, 0.05) is 11.3 Å². The van der Waals surface area contributed by atoms with Gasteiger partial charge in [-0.3, -0.25) is 14.9 Å². The van der Waals surface area contributed by atoms with E-state index in [2.05, 4.69) is 11.7 Å². The van der Waals surface area contributed by atoms with E-state index in [4.69, 9.17) is 0 Å². The Balaban J connectivity index is 3.71. The lowest BCUT2D eigenvalue weighted by Crippen LogP contribution is -2.34. The molecule has 0 rings (SSSR count). The predicted molar refractivity (Wildman–Crippen MR) is 94.5 cm³/mol. The summed E-state index contributed by atoms with van der Waals surface area (Å²) in [5, 5.41) is 21.0. The molecule has 1 unspecified atom stereocenters. The van der Waals surface area contributed by atoms with Crippen LogP contribution in [0.25, 0.3) is 0 Å². The van der Waals surface area contributed by atoms with Gasteiger partial charge in [0.2, 0.25) is 6.04 Å². The Morgan fingerprint density at radius 2 is 1.50 bits per heavy atom. The Labute approximate surface area is 146 Å². The van der Waals surface area contributed by atoms with Gasteiger partial charge < -0.3 is 9.84 Å². The van der Waals surface area contributed by atoms with Crippen LogP contribution in [0.4, 0.5) is 0 Å². The molecule has 0 heterocycles. The third-order valence-electron chi connectivity index (χ3n) is 4.44. The third-order valence-corrected chi connectivity index (χ3v) is 4.44. The van der Waals surface area contributed by atoms with Gasteiger partial charge in [-0.25, -0.2) is 0 Å². The van der Waals surface area contributed by atoms with E-state index in [1.807, 2.05) is 0 Å². The number of hydrogen-bond donors (Lipinski definition) is 1. The molecule has 0 radical (unpaired) electrons. The molecule has 0 aliphatic carbocycles. The molecule has 0 amide bonds. The van der Waals surface area contributed by atoms with Crippen molar-refractivity contribution in [1.82, 2.24) is 0 Å². The maximum Gasteiger partial charge on any atom is 0.305 e. The second kappa shape index (κ2) is 15.4. The van der Waals surface area contributed by atoms with Crippen LogP contribution in [0.1, 0.15) is 90.4 Å². The average Bonchev–Trinajstić information content (AvgIpc) is 2.56. The zero-order valence-electron chi connectivity index (χ0n) is 15.4. The van der Waals surface area contributed by atoms with Gasteiger partial charge in [-0.15, -0.1) is 0 Å². The molecule has 6 nitrogen and oxygen atoms in total. The topological polar surface area (TPSA) is 89.7 Å². The van der Waals surface area contributed by atoms with Crippen LogP contribution < -0.4 is 0 Å². The van der Waals surface area contributed by atoms with Crippen LogP contribution in [-0.2, 0) is 9.53 Å². The van der Waals surface area contributed by atoms with Crippen molar-refractivity contribution in [3.05, 3.63) is 10.1 Å². The number of esters is 1. The number of rotatable bonds is 16. The molecule has 1 N–H and O–H groups in total. The fourth-order valence-electron chi connectivity index (χ4n) is 2.84. The van der Waals surface area contributed by atoms with Gasteiger partial charge in [0.25, 0.3) is 0 Å². The SMILES string of the molecule is CCCCCCCCCCCC[C@H](O)C(CCC(=O)OC)[N+](=O)[O-]. The van der Waals surface area contributed by atoms with Crippen LogP contribution in [-0.4, -0.2) is 35.3 Å². The van der Waals surface area contributed by atoms with Crippen LogP contribution in [0.3, 0.4) is 0 Å². The molecule has 2 atom stereocenters. The molecule has 0 aromatic rings.